The van der Waals surface area contributed by atoms with Gasteiger partial charge >= 0.3 is 5.97 Å². The van der Waals surface area contributed by atoms with E-state index in [0.717, 1.165) is 16.4 Å². The van der Waals surface area contributed by atoms with Gasteiger partial charge in [0.05, 0.1) is 20.8 Å². The molecule has 1 aliphatic rings. The smallest absolute Gasteiger partial charge is 0.335 e. The van der Waals surface area contributed by atoms with Crippen molar-refractivity contribution in [2.24, 2.45) is 0 Å². The molecule has 1 aliphatic heterocycles. The summed E-state index contributed by atoms with van der Waals surface area (Å²) in [6.45, 7) is 4.60. The summed E-state index contributed by atoms with van der Waals surface area (Å²) in [6.07, 6.45) is 2.08. The number of carboxylic acids is 1. The first kappa shape index (κ1) is 14.6. The molecule has 0 amide bonds. The van der Waals surface area contributed by atoms with E-state index >= 15 is 0 Å². The highest BCUT2D eigenvalue weighted by molar-refractivity contribution is 14.1. The fraction of sp³-hybridized carbons (Fsp3) is 0.500. The molecule has 104 valence electrons. The van der Waals surface area contributed by atoms with Crippen LogP contribution in [0.1, 0.15) is 37.0 Å². The van der Waals surface area contributed by atoms with Crippen LogP contribution in [0.2, 0.25) is 0 Å². The molecule has 1 aromatic carbocycles. The molecule has 5 heteroatoms. The van der Waals surface area contributed by atoms with Crippen LogP contribution in [0, 0.1) is 3.57 Å². The maximum Gasteiger partial charge on any atom is 0.335 e. The average molecular weight is 376 g/mol. The third kappa shape index (κ3) is 3.82. The number of carboxylic acid groups (broad SMARTS) is 1. The standard InChI is InChI=1S/C14H17IO4/c1-14(2)6-5-10(19-14)8-18-12-7-9(13(16)17)3-4-11(12)15/h3-4,7,10H,5-6,8H2,1-2H3,(H,16,17). The van der Waals surface area contributed by atoms with E-state index in [-0.39, 0.29) is 17.3 Å². The van der Waals surface area contributed by atoms with Crippen molar-refractivity contribution in [2.75, 3.05) is 6.61 Å². The van der Waals surface area contributed by atoms with Crippen LogP contribution in [0.15, 0.2) is 18.2 Å². The summed E-state index contributed by atoms with van der Waals surface area (Å²) in [5, 5.41) is 8.97. The van der Waals surface area contributed by atoms with E-state index in [1.54, 1.807) is 18.2 Å². The molecule has 19 heavy (non-hydrogen) atoms. The molecule has 1 heterocycles. The van der Waals surface area contributed by atoms with Crippen LogP contribution in [0.3, 0.4) is 0 Å². The molecule has 1 atom stereocenters. The van der Waals surface area contributed by atoms with Crippen LogP contribution in [-0.2, 0) is 4.74 Å². The topological polar surface area (TPSA) is 55.8 Å². The van der Waals surface area contributed by atoms with Crippen LogP contribution in [0.5, 0.6) is 5.75 Å². The normalized spacial score (nSPS) is 21.3. The van der Waals surface area contributed by atoms with Gasteiger partial charge in [-0.3, -0.25) is 0 Å². The predicted octanol–water partition coefficient (Wildman–Crippen LogP) is 3.33. The molecule has 1 unspecified atom stereocenters. The van der Waals surface area contributed by atoms with E-state index in [2.05, 4.69) is 36.4 Å². The maximum absolute atomic E-state index is 10.9. The fourth-order valence-corrected chi connectivity index (χ4v) is 2.62. The van der Waals surface area contributed by atoms with E-state index < -0.39 is 5.97 Å². The van der Waals surface area contributed by atoms with Crippen LogP contribution in [0.4, 0.5) is 0 Å². The first-order chi connectivity index (χ1) is 8.87. The van der Waals surface area contributed by atoms with E-state index in [9.17, 15) is 4.79 Å². The first-order valence-corrected chi connectivity index (χ1v) is 7.29. The minimum atomic E-state index is -0.945. The highest BCUT2D eigenvalue weighted by atomic mass is 127. The lowest BCUT2D eigenvalue weighted by atomic mass is 10.1. The Balaban J connectivity index is 2.00. The van der Waals surface area contributed by atoms with Gasteiger partial charge in [0.25, 0.3) is 0 Å². The van der Waals surface area contributed by atoms with Crippen molar-refractivity contribution in [3.05, 3.63) is 27.3 Å². The Hall–Kier alpha value is -0.820. The van der Waals surface area contributed by atoms with Crippen LogP contribution in [-0.4, -0.2) is 29.4 Å². The number of aromatic carboxylic acids is 1. The molecule has 0 spiro atoms. The summed E-state index contributed by atoms with van der Waals surface area (Å²) in [7, 11) is 0. The SMILES string of the molecule is CC1(C)CCC(COc2cc(C(=O)O)ccc2I)O1. The monoisotopic (exact) mass is 376 g/mol. The van der Waals surface area contributed by atoms with Gasteiger partial charge in [-0.25, -0.2) is 4.79 Å². The Morgan fingerprint density at radius 1 is 1.58 bits per heavy atom. The zero-order chi connectivity index (χ0) is 14.0. The zero-order valence-corrected chi connectivity index (χ0v) is 13.1. The van der Waals surface area contributed by atoms with Gasteiger partial charge in [0.1, 0.15) is 12.4 Å². The molecule has 2 rings (SSSR count). The van der Waals surface area contributed by atoms with Gasteiger partial charge in [0.15, 0.2) is 0 Å². The molecule has 1 saturated heterocycles. The highest BCUT2D eigenvalue weighted by Gasteiger charge is 2.32. The summed E-state index contributed by atoms with van der Waals surface area (Å²) in [5.74, 6) is -0.340. The number of hydrogen-bond donors (Lipinski definition) is 1. The Morgan fingerprint density at radius 3 is 2.89 bits per heavy atom. The van der Waals surface area contributed by atoms with Crippen molar-refractivity contribution in [3.63, 3.8) is 0 Å². The van der Waals surface area contributed by atoms with E-state index in [0.29, 0.717) is 12.4 Å². The summed E-state index contributed by atoms with van der Waals surface area (Å²) in [6, 6.07) is 4.88. The zero-order valence-electron chi connectivity index (χ0n) is 11.0. The lowest BCUT2D eigenvalue weighted by Crippen LogP contribution is -2.24. The van der Waals surface area contributed by atoms with Crippen molar-refractivity contribution >= 4 is 28.6 Å². The second-order valence-electron chi connectivity index (χ2n) is 5.30. The van der Waals surface area contributed by atoms with Crippen LogP contribution >= 0.6 is 22.6 Å². The number of rotatable bonds is 4. The Morgan fingerprint density at radius 2 is 2.32 bits per heavy atom. The summed E-state index contributed by atoms with van der Waals surface area (Å²) < 4.78 is 12.5. The molecule has 1 N–H and O–H groups in total. The average Bonchev–Trinajstić information content (AvgIpc) is 2.67. The number of carbonyl (C=O) groups is 1. The largest absolute Gasteiger partial charge is 0.490 e. The molecule has 4 nitrogen and oxygen atoms in total. The number of benzene rings is 1. The Labute approximate surface area is 126 Å². The number of ether oxygens (including phenoxy) is 2. The Kier molecular flexibility index (Phi) is 4.35. The molecular formula is C14H17IO4. The molecule has 1 fully saturated rings. The lowest BCUT2D eigenvalue weighted by molar-refractivity contribution is -0.0327. The first-order valence-electron chi connectivity index (χ1n) is 6.21. The maximum atomic E-state index is 10.9. The second kappa shape index (κ2) is 5.66. The van der Waals surface area contributed by atoms with Crippen molar-refractivity contribution in [2.45, 2.75) is 38.4 Å². The van der Waals surface area contributed by atoms with Crippen LogP contribution in [0.25, 0.3) is 0 Å². The van der Waals surface area contributed by atoms with Gasteiger partial charge in [0, 0.05) is 0 Å². The third-order valence-electron chi connectivity index (χ3n) is 3.16. The van der Waals surface area contributed by atoms with E-state index in [4.69, 9.17) is 14.6 Å². The van der Waals surface area contributed by atoms with Crippen molar-refractivity contribution < 1.29 is 19.4 Å². The minimum absolute atomic E-state index is 0.0793. The quantitative estimate of drug-likeness (QED) is 0.820. The fourth-order valence-electron chi connectivity index (χ4n) is 2.12. The number of halogens is 1. The van der Waals surface area contributed by atoms with Gasteiger partial charge < -0.3 is 14.6 Å². The van der Waals surface area contributed by atoms with Gasteiger partial charge in [-0.2, -0.15) is 0 Å². The molecule has 0 aromatic heterocycles. The highest BCUT2D eigenvalue weighted by Crippen LogP contribution is 2.30. The molecule has 0 aliphatic carbocycles. The van der Waals surface area contributed by atoms with Gasteiger partial charge in [-0.15, -0.1) is 0 Å². The van der Waals surface area contributed by atoms with Gasteiger partial charge in [-0.05, 0) is 67.5 Å². The van der Waals surface area contributed by atoms with Crippen molar-refractivity contribution in [1.29, 1.82) is 0 Å². The van der Waals surface area contributed by atoms with E-state index in [1.165, 1.54) is 0 Å². The Bertz CT molecular complexity index is 484. The summed E-state index contributed by atoms with van der Waals surface area (Å²) in [5.41, 5.74) is 0.160. The van der Waals surface area contributed by atoms with Crippen molar-refractivity contribution in [3.8, 4) is 5.75 Å². The lowest BCUT2D eigenvalue weighted by Gasteiger charge is -2.19. The van der Waals surface area contributed by atoms with Gasteiger partial charge in [0.2, 0.25) is 0 Å². The molecule has 1 aromatic rings. The molecule has 0 bridgehead atoms. The van der Waals surface area contributed by atoms with E-state index in [1.807, 2.05) is 0 Å². The van der Waals surface area contributed by atoms with Gasteiger partial charge in [-0.1, -0.05) is 0 Å². The summed E-state index contributed by atoms with van der Waals surface area (Å²) in [4.78, 5) is 10.9. The molecule has 0 saturated carbocycles. The third-order valence-corrected chi connectivity index (χ3v) is 4.05. The molecule has 0 radical (unpaired) electrons. The molecular weight excluding hydrogens is 359 g/mol. The number of hydrogen-bond acceptors (Lipinski definition) is 3. The van der Waals surface area contributed by atoms with Crippen LogP contribution < -0.4 is 4.74 Å². The second-order valence-corrected chi connectivity index (χ2v) is 6.46. The predicted molar refractivity (Wildman–Crippen MR) is 79.8 cm³/mol. The van der Waals surface area contributed by atoms with Crippen molar-refractivity contribution in [1.82, 2.24) is 0 Å². The summed E-state index contributed by atoms with van der Waals surface area (Å²) >= 11 is 2.14. The minimum Gasteiger partial charge on any atom is -0.490 e.